The molecule has 1 N–H and O–H groups in total. The van der Waals surface area contributed by atoms with Crippen LogP contribution in [0.1, 0.15) is 0 Å². The molecule has 0 aromatic carbocycles. The Morgan fingerprint density at radius 3 is 2.60 bits per heavy atom. The highest BCUT2D eigenvalue weighted by molar-refractivity contribution is 4.77. The minimum atomic E-state index is 0.279. The summed E-state index contributed by atoms with van der Waals surface area (Å²) in [5.74, 6) is 0. The lowest BCUT2D eigenvalue weighted by atomic mass is 10.2. The van der Waals surface area contributed by atoms with Crippen LogP contribution in [0.25, 0.3) is 0 Å². The molecule has 1 aliphatic rings. The van der Waals surface area contributed by atoms with E-state index in [1.165, 1.54) is 0 Å². The Kier molecular flexibility index (Phi) is 2.65. The Morgan fingerprint density at radius 2 is 2.10 bits per heavy atom. The van der Waals surface area contributed by atoms with Crippen molar-refractivity contribution in [2.45, 2.75) is 6.04 Å². The number of hydrogen-bond acceptors (Lipinski definition) is 3. The molecule has 0 saturated carbocycles. The first kappa shape index (κ1) is 7.98. The summed E-state index contributed by atoms with van der Waals surface area (Å²) in [4.78, 5) is 4.46. The van der Waals surface area contributed by atoms with Gasteiger partial charge in [0, 0.05) is 25.7 Å². The molecule has 0 amide bonds. The molecule has 3 nitrogen and oxygen atoms in total. The zero-order valence-corrected chi connectivity index (χ0v) is 6.75. The van der Waals surface area contributed by atoms with E-state index in [-0.39, 0.29) is 6.61 Å². The van der Waals surface area contributed by atoms with Crippen LogP contribution in [0, 0.1) is 0 Å². The second-order valence-electron chi connectivity index (χ2n) is 3.08. The molecular weight excluding hydrogens is 128 g/mol. The molecule has 0 aromatic heterocycles. The summed E-state index contributed by atoms with van der Waals surface area (Å²) in [6.45, 7) is 3.46. The van der Waals surface area contributed by atoms with Crippen LogP contribution >= 0.6 is 0 Å². The highest BCUT2D eigenvalue weighted by Crippen LogP contribution is 2.03. The molecule has 0 aromatic rings. The molecule has 1 heterocycles. The van der Waals surface area contributed by atoms with Gasteiger partial charge in [0.1, 0.15) is 0 Å². The molecule has 0 radical (unpaired) electrons. The summed E-state index contributed by atoms with van der Waals surface area (Å²) >= 11 is 0. The van der Waals surface area contributed by atoms with Gasteiger partial charge in [-0.25, -0.2) is 0 Å². The topological polar surface area (TPSA) is 26.7 Å². The van der Waals surface area contributed by atoms with Crippen molar-refractivity contribution >= 4 is 0 Å². The van der Waals surface area contributed by atoms with Crippen LogP contribution in [-0.2, 0) is 0 Å². The molecule has 1 aliphatic heterocycles. The Balaban J connectivity index is 2.38. The zero-order chi connectivity index (χ0) is 7.56. The van der Waals surface area contributed by atoms with Crippen LogP contribution in [-0.4, -0.2) is 61.3 Å². The van der Waals surface area contributed by atoms with Crippen LogP contribution in [0.3, 0.4) is 0 Å². The van der Waals surface area contributed by atoms with Gasteiger partial charge in [0.25, 0.3) is 0 Å². The Morgan fingerprint density at radius 1 is 1.40 bits per heavy atom. The molecule has 1 atom stereocenters. The van der Waals surface area contributed by atoms with Gasteiger partial charge in [0.05, 0.1) is 6.61 Å². The molecule has 1 fully saturated rings. The number of rotatable bonds is 1. The fourth-order valence-electron chi connectivity index (χ4n) is 1.30. The van der Waals surface area contributed by atoms with Crippen molar-refractivity contribution in [1.29, 1.82) is 0 Å². The van der Waals surface area contributed by atoms with Gasteiger partial charge in [-0.15, -0.1) is 0 Å². The van der Waals surface area contributed by atoms with Crippen molar-refractivity contribution in [2.75, 3.05) is 40.3 Å². The van der Waals surface area contributed by atoms with Crippen LogP contribution in [0.15, 0.2) is 0 Å². The van der Waals surface area contributed by atoms with Gasteiger partial charge in [0.15, 0.2) is 0 Å². The first-order chi connectivity index (χ1) is 4.74. The van der Waals surface area contributed by atoms with E-state index in [4.69, 9.17) is 5.11 Å². The highest BCUT2D eigenvalue weighted by Gasteiger charge is 2.20. The third kappa shape index (κ3) is 1.68. The molecule has 0 spiro atoms. The molecule has 0 bridgehead atoms. The van der Waals surface area contributed by atoms with Crippen molar-refractivity contribution in [3.63, 3.8) is 0 Å². The third-order valence-electron chi connectivity index (χ3n) is 2.19. The molecule has 1 rings (SSSR count). The SMILES string of the molecule is CN1CCN(C)[C@@H](CO)C1. The Labute approximate surface area is 62.2 Å². The van der Waals surface area contributed by atoms with Crippen LogP contribution in [0.5, 0.6) is 0 Å². The maximum atomic E-state index is 8.91. The van der Waals surface area contributed by atoms with E-state index in [0.29, 0.717) is 6.04 Å². The predicted molar refractivity (Wildman–Crippen MR) is 41.0 cm³/mol. The van der Waals surface area contributed by atoms with Gasteiger partial charge < -0.3 is 10.0 Å². The fourth-order valence-corrected chi connectivity index (χ4v) is 1.30. The molecular formula is C7H16N2O. The van der Waals surface area contributed by atoms with E-state index in [1.807, 2.05) is 0 Å². The normalized spacial score (nSPS) is 30.9. The summed E-state index contributed by atoms with van der Waals surface area (Å²) in [5, 5.41) is 8.91. The monoisotopic (exact) mass is 144 g/mol. The Hall–Kier alpha value is -0.120. The largest absolute Gasteiger partial charge is 0.395 e. The summed E-state index contributed by atoms with van der Waals surface area (Å²) < 4.78 is 0. The Bertz CT molecular complexity index is 108. The van der Waals surface area contributed by atoms with E-state index in [0.717, 1.165) is 19.6 Å². The van der Waals surface area contributed by atoms with Crippen molar-refractivity contribution in [3.8, 4) is 0 Å². The lowest BCUT2D eigenvalue weighted by Gasteiger charge is -2.36. The standard InChI is InChI=1S/C7H16N2O/c1-8-3-4-9(2)7(5-8)6-10/h7,10H,3-6H2,1-2H3/t7-/m1/s1. The second-order valence-corrected chi connectivity index (χ2v) is 3.08. The molecule has 1 saturated heterocycles. The molecule has 3 heteroatoms. The van der Waals surface area contributed by atoms with Crippen molar-refractivity contribution < 1.29 is 5.11 Å². The third-order valence-corrected chi connectivity index (χ3v) is 2.19. The summed E-state index contributed by atoms with van der Waals surface area (Å²) in [6.07, 6.45) is 0. The predicted octanol–water partition coefficient (Wildman–Crippen LogP) is -0.775. The average molecular weight is 144 g/mol. The van der Waals surface area contributed by atoms with E-state index in [2.05, 4.69) is 23.9 Å². The van der Waals surface area contributed by atoms with Gasteiger partial charge in [-0.05, 0) is 14.1 Å². The smallest absolute Gasteiger partial charge is 0.0599 e. The number of piperazine rings is 1. The molecule has 0 aliphatic carbocycles. The number of hydrogen-bond donors (Lipinski definition) is 1. The zero-order valence-electron chi connectivity index (χ0n) is 6.75. The van der Waals surface area contributed by atoms with Gasteiger partial charge in [-0.2, -0.15) is 0 Å². The van der Waals surface area contributed by atoms with Gasteiger partial charge in [-0.1, -0.05) is 0 Å². The number of aliphatic hydroxyl groups excluding tert-OH is 1. The van der Waals surface area contributed by atoms with E-state index in [1.54, 1.807) is 0 Å². The molecule has 0 unspecified atom stereocenters. The molecule has 60 valence electrons. The van der Waals surface area contributed by atoms with Gasteiger partial charge in [0.2, 0.25) is 0 Å². The highest BCUT2D eigenvalue weighted by atomic mass is 16.3. The minimum absolute atomic E-state index is 0.279. The van der Waals surface area contributed by atoms with Crippen molar-refractivity contribution in [3.05, 3.63) is 0 Å². The second kappa shape index (κ2) is 3.32. The minimum Gasteiger partial charge on any atom is -0.395 e. The number of likely N-dealkylation sites (N-methyl/N-ethyl adjacent to an activating group) is 2. The van der Waals surface area contributed by atoms with Crippen LogP contribution in [0.2, 0.25) is 0 Å². The molecule has 10 heavy (non-hydrogen) atoms. The summed E-state index contributed by atoms with van der Waals surface area (Å²) in [7, 11) is 4.16. The number of nitrogens with zero attached hydrogens (tertiary/aromatic N) is 2. The fraction of sp³-hybridized carbons (Fsp3) is 1.00. The maximum absolute atomic E-state index is 8.91. The van der Waals surface area contributed by atoms with Gasteiger partial charge >= 0.3 is 0 Å². The van der Waals surface area contributed by atoms with E-state index < -0.39 is 0 Å². The maximum Gasteiger partial charge on any atom is 0.0599 e. The lowest BCUT2D eigenvalue weighted by Crippen LogP contribution is -2.51. The van der Waals surface area contributed by atoms with Crippen molar-refractivity contribution in [2.24, 2.45) is 0 Å². The summed E-state index contributed by atoms with van der Waals surface area (Å²) in [6, 6.07) is 0.346. The van der Waals surface area contributed by atoms with E-state index in [9.17, 15) is 0 Å². The van der Waals surface area contributed by atoms with Crippen LogP contribution < -0.4 is 0 Å². The lowest BCUT2D eigenvalue weighted by molar-refractivity contribution is 0.0704. The van der Waals surface area contributed by atoms with Gasteiger partial charge in [-0.3, -0.25) is 4.90 Å². The summed E-state index contributed by atoms with van der Waals surface area (Å²) in [5.41, 5.74) is 0. The van der Waals surface area contributed by atoms with E-state index >= 15 is 0 Å². The first-order valence-electron chi connectivity index (χ1n) is 3.73. The number of aliphatic hydroxyl groups is 1. The quantitative estimate of drug-likeness (QED) is 0.523. The average Bonchev–Trinajstić information content (AvgIpc) is 1.94. The van der Waals surface area contributed by atoms with Crippen LogP contribution in [0.4, 0.5) is 0 Å². The first-order valence-corrected chi connectivity index (χ1v) is 3.73. The van der Waals surface area contributed by atoms with Crippen molar-refractivity contribution in [1.82, 2.24) is 9.80 Å².